The number of nitrogen functional groups attached to an aromatic ring is 1. The van der Waals surface area contributed by atoms with Gasteiger partial charge >= 0.3 is 0 Å². The Hall–Kier alpha value is -2.02. The zero-order valence-corrected chi connectivity index (χ0v) is 17.5. The first-order chi connectivity index (χ1) is 12.7. The van der Waals surface area contributed by atoms with E-state index in [1.165, 1.54) is 5.56 Å². The number of nitrogens with two attached hydrogens (primary N) is 1. The van der Waals surface area contributed by atoms with Gasteiger partial charge in [0.1, 0.15) is 5.84 Å². The molecule has 0 radical (unpaired) electrons. The molecule has 0 fully saturated rings. The molecule has 2 aromatic carbocycles. The minimum Gasteiger partial charge on any atom is -0.390 e. The van der Waals surface area contributed by atoms with Crippen LogP contribution in [0.4, 0.5) is 5.69 Å². The van der Waals surface area contributed by atoms with Crippen LogP contribution in [-0.2, 0) is 0 Å². The number of thiol groups is 1. The maximum Gasteiger partial charge on any atom is 0.122 e. The molecule has 0 bridgehead atoms. The van der Waals surface area contributed by atoms with Gasteiger partial charge in [-0.15, -0.1) is 12.6 Å². The molecular weight excluding hydrogens is 356 g/mol. The van der Waals surface area contributed by atoms with Crippen molar-refractivity contribution in [1.29, 1.82) is 5.41 Å². The van der Waals surface area contributed by atoms with E-state index in [4.69, 9.17) is 11.1 Å². The molecule has 0 heterocycles. The van der Waals surface area contributed by atoms with Crippen molar-refractivity contribution in [1.82, 2.24) is 5.32 Å². The minimum absolute atomic E-state index is 0.0643. The smallest absolute Gasteiger partial charge is 0.122 e. The SMILES string of the molecule is CC(C)c1ccc(S)cc1.CNCC(O)CN(C)c1ccc(C(=N)N)cc1. The highest BCUT2D eigenvalue weighted by Crippen LogP contribution is 2.16. The van der Waals surface area contributed by atoms with E-state index in [9.17, 15) is 5.11 Å². The molecule has 0 spiro atoms. The Labute approximate surface area is 168 Å². The molecule has 1 atom stereocenters. The van der Waals surface area contributed by atoms with E-state index < -0.39 is 6.10 Å². The van der Waals surface area contributed by atoms with Crippen molar-refractivity contribution in [2.24, 2.45) is 5.73 Å². The summed E-state index contributed by atoms with van der Waals surface area (Å²) in [7, 11) is 3.73. The fourth-order valence-corrected chi connectivity index (χ4v) is 2.63. The Morgan fingerprint density at radius 1 is 1.15 bits per heavy atom. The van der Waals surface area contributed by atoms with E-state index in [0.717, 1.165) is 10.6 Å². The summed E-state index contributed by atoms with van der Waals surface area (Å²) in [5.41, 5.74) is 8.45. The summed E-state index contributed by atoms with van der Waals surface area (Å²) in [6.07, 6.45) is -0.405. The first kappa shape index (κ1) is 23.0. The molecule has 5 nitrogen and oxygen atoms in total. The second-order valence-electron chi connectivity index (χ2n) is 6.80. The lowest BCUT2D eigenvalue weighted by molar-refractivity contribution is 0.181. The molecule has 0 aliphatic heterocycles. The monoisotopic (exact) mass is 388 g/mol. The molecule has 2 rings (SSSR count). The van der Waals surface area contributed by atoms with E-state index in [1.54, 1.807) is 12.1 Å². The van der Waals surface area contributed by atoms with Crippen LogP contribution in [-0.4, -0.2) is 44.2 Å². The molecule has 5 N–H and O–H groups in total. The molecule has 0 saturated carbocycles. The van der Waals surface area contributed by atoms with Crippen LogP contribution in [0.2, 0.25) is 0 Å². The normalized spacial score (nSPS) is 11.5. The molecule has 148 valence electrons. The number of hydrogen-bond donors (Lipinski definition) is 5. The summed E-state index contributed by atoms with van der Waals surface area (Å²) in [4.78, 5) is 3.00. The number of hydrogen-bond acceptors (Lipinski definition) is 5. The third-order valence-electron chi connectivity index (χ3n) is 4.10. The van der Waals surface area contributed by atoms with Crippen molar-refractivity contribution in [3.8, 4) is 0 Å². The van der Waals surface area contributed by atoms with E-state index >= 15 is 0 Å². The average molecular weight is 389 g/mol. The highest BCUT2D eigenvalue weighted by atomic mass is 32.1. The maximum atomic E-state index is 9.67. The van der Waals surface area contributed by atoms with Crippen molar-refractivity contribution < 1.29 is 5.11 Å². The van der Waals surface area contributed by atoms with Crippen LogP contribution in [0.15, 0.2) is 53.4 Å². The molecule has 2 aromatic rings. The molecule has 0 saturated heterocycles. The molecule has 0 aliphatic rings. The van der Waals surface area contributed by atoms with Crippen LogP contribution in [0.3, 0.4) is 0 Å². The summed E-state index contributed by atoms with van der Waals surface area (Å²) in [6, 6.07) is 15.7. The Balaban J connectivity index is 0.000000309. The van der Waals surface area contributed by atoms with Crippen LogP contribution >= 0.6 is 12.6 Å². The van der Waals surface area contributed by atoms with Crippen molar-refractivity contribution in [2.75, 3.05) is 32.1 Å². The lowest BCUT2D eigenvalue weighted by atomic mass is 10.0. The van der Waals surface area contributed by atoms with Gasteiger partial charge in [0, 0.05) is 36.3 Å². The lowest BCUT2D eigenvalue weighted by Crippen LogP contribution is -2.35. The summed E-state index contributed by atoms with van der Waals surface area (Å²) in [5.74, 6) is 0.684. The van der Waals surface area contributed by atoms with Crippen LogP contribution < -0.4 is 16.0 Å². The molecule has 0 aliphatic carbocycles. The number of amidine groups is 1. The van der Waals surface area contributed by atoms with Crippen molar-refractivity contribution >= 4 is 24.2 Å². The van der Waals surface area contributed by atoms with E-state index in [0.29, 0.717) is 24.6 Å². The molecule has 0 amide bonds. The highest BCUT2D eigenvalue weighted by Gasteiger charge is 2.08. The number of benzene rings is 2. The van der Waals surface area contributed by atoms with Crippen LogP contribution in [0.25, 0.3) is 0 Å². The number of likely N-dealkylation sites (N-methyl/N-ethyl adjacent to an activating group) is 2. The fraction of sp³-hybridized carbons (Fsp3) is 0.381. The van der Waals surface area contributed by atoms with Gasteiger partial charge < -0.3 is 21.1 Å². The van der Waals surface area contributed by atoms with Gasteiger partial charge in [0.15, 0.2) is 0 Å². The van der Waals surface area contributed by atoms with Crippen LogP contribution in [0.1, 0.15) is 30.9 Å². The quantitative estimate of drug-likeness (QED) is 0.287. The third kappa shape index (κ3) is 8.47. The standard InChI is InChI=1S/C12H20N4O.C9H12S/c1-15-7-11(17)8-16(2)10-5-3-9(4-6-10)12(13)14;1-7(2)8-3-5-9(10)6-4-8/h3-6,11,15,17H,7-8H2,1-2H3,(H3,13,14);3-7,10H,1-2H3. The second-order valence-corrected chi connectivity index (χ2v) is 7.32. The van der Waals surface area contributed by atoms with Crippen molar-refractivity contribution in [3.63, 3.8) is 0 Å². The Morgan fingerprint density at radius 3 is 2.15 bits per heavy atom. The van der Waals surface area contributed by atoms with E-state index in [2.05, 4.69) is 43.9 Å². The summed E-state index contributed by atoms with van der Waals surface area (Å²) >= 11 is 4.20. The van der Waals surface area contributed by atoms with Gasteiger partial charge in [-0.1, -0.05) is 26.0 Å². The average Bonchev–Trinajstić information content (AvgIpc) is 2.63. The van der Waals surface area contributed by atoms with Gasteiger partial charge in [0.25, 0.3) is 0 Å². The van der Waals surface area contributed by atoms with Crippen LogP contribution in [0, 0.1) is 5.41 Å². The van der Waals surface area contributed by atoms with Gasteiger partial charge in [-0.05, 0) is 54.9 Å². The van der Waals surface area contributed by atoms with Gasteiger partial charge in [-0.2, -0.15) is 0 Å². The molecule has 0 aromatic heterocycles. The number of anilines is 1. The largest absolute Gasteiger partial charge is 0.390 e. The van der Waals surface area contributed by atoms with Crippen LogP contribution in [0.5, 0.6) is 0 Å². The maximum absolute atomic E-state index is 9.67. The van der Waals surface area contributed by atoms with Gasteiger partial charge in [0.05, 0.1) is 6.10 Å². The molecule has 1 unspecified atom stereocenters. The topological polar surface area (TPSA) is 85.4 Å². The first-order valence-electron chi connectivity index (χ1n) is 9.01. The van der Waals surface area contributed by atoms with E-state index in [1.807, 2.05) is 43.3 Å². The zero-order chi connectivity index (χ0) is 20.4. The Kier molecular flexibility index (Phi) is 9.93. The van der Waals surface area contributed by atoms with Gasteiger partial charge in [-0.25, -0.2) is 0 Å². The number of aliphatic hydroxyl groups is 1. The molecule has 27 heavy (non-hydrogen) atoms. The fourth-order valence-electron chi connectivity index (χ4n) is 2.48. The summed E-state index contributed by atoms with van der Waals surface area (Å²) in [5, 5.41) is 19.9. The third-order valence-corrected chi connectivity index (χ3v) is 4.40. The van der Waals surface area contributed by atoms with Crippen molar-refractivity contribution in [3.05, 3.63) is 59.7 Å². The number of rotatable bonds is 7. The molecule has 6 heteroatoms. The van der Waals surface area contributed by atoms with Gasteiger partial charge in [0.2, 0.25) is 0 Å². The van der Waals surface area contributed by atoms with E-state index in [-0.39, 0.29) is 5.84 Å². The first-order valence-corrected chi connectivity index (χ1v) is 9.46. The number of aliphatic hydroxyl groups excluding tert-OH is 1. The van der Waals surface area contributed by atoms with Crippen molar-refractivity contribution in [2.45, 2.75) is 30.8 Å². The summed E-state index contributed by atoms with van der Waals surface area (Å²) < 4.78 is 0. The minimum atomic E-state index is -0.405. The highest BCUT2D eigenvalue weighted by molar-refractivity contribution is 7.80. The Bertz CT molecular complexity index is 686. The second kappa shape index (κ2) is 11.6. The zero-order valence-electron chi connectivity index (χ0n) is 16.6. The number of nitrogens with zero attached hydrogens (tertiary/aromatic N) is 1. The predicted octanol–water partition coefficient (Wildman–Crippen LogP) is 3.09. The summed E-state index contributed by atoms with van der Waals surface area (Å²) in [6.45, 7) is 5.50. The lowest BCUT2D eigenvalue weighted by Gasteiger charge is -2.22. The molecular formula is C21H32N4OS. The predicted molar refractivity (Wildman–Crippen MR) is 118 cm³/mol. The van der Waals surface area contributed by atoms with Gasteiger partial charge in [-0.3, -0.25) is 5.41 Å². The number of nitrogens with one attached hydrogen (secondary N) is 2. The Morgan fingerprint density at radius 2 is 1.70 bits per heavy atom.